The molecule has 314 valence electrons. The fraction of sp³-hybridized carbons (Fsp3) is 0.756. The second-order valence-corrected chi connectivity index (χ2v) is 17.1. The van der Waals surface area contributed by atoms with Crippen LogP contribution >= 0.6 is 7.82 Å². The molecular weight excluding hydrogens is 695 g/mol. The lowest BCUT2D eigenvalue weighted by atomic mass is 10.1. The van der Waals surface area contributed by atoms with Crippen molar-refractivity contribution in [1.29, 1.82) is 0 Å². The number of aliphatic hydroxyl groups is 1. The van der Waals surface area contributed by atoms with Crippen LogP contribution in [0.3, 0.4) is 0 Å². The number of phosphoric acid groups is 1. The summed E-state index contributed by atoms with van der Waals surface area (Å²) in [5.74, 6) is -0.225. The average Bonchev–Trinajstić information content (AvgIpc) is 3.12. The van der Waals surface area contributed by atoms with Crippen LogP contribution in [0.2, 0.25) is 0 Å². The largest absolute Gasteiger partial charge is 0.756 e. The first-order valence-electron chi connectivity index (χ1n) is 21.6. The number of phosphoric ester groups is 1. The lowest BCUT2D eigenvalue weighted by Gasteiger charge is -2.29. The Labute approximate surface area is 332 Å². The molecule has 0 bridgehead atoms. The number of nitrogens with one attached hydrogen (secondary N) is 1. The first-order chi connectivity index (χ1) is 26.0. The molecule has 0 spiro atoms. The molecule has 2 N–H and O–H groups in total. The summed E-state index contributed by atoms with van der Waals surface area (Å²) in [6.45, 7) is 4.35. The molecule has 0 aliphatic heterocycles. The summed E-state index contributed by atoms with van der Waals surface area (Å²) in [5, 5.41) is 13.6. The van der Waals surface area contributed by atoms with Crippen molar-refractivity contribution < 1.29 is 32.9 Å². The van der Waals surface area contributed by atoms with Gasteiger partial charge < -0.3 is 28.8 Å². The van der Waals surface area contributed by atoms with Gasteiger partial charge in [0.05, 0.1) is 39.9 Å². The number of unbranched alkanes of at least 4 members (excludes halogenated alkanes) is 18. The number of likely N-dealkylation sites (N-methyl/N-ethyl adjacent to an activating group) is 1. The number of amides is 1. The zero-order valence-corrected chi connectivity index (χ0v) is 36.3. The summed E-state index contributed by atoms with van der Waals surface area (Å²) in [6.07, 6.45) is 47.3. The lowest BCUT2D eigenvalue weighted by Crippen LogP contribution is -2.45. The fourth-order valence-corrected chi connectivity index (χ4v) is 6.53. The van der Waals surface area contributed by atoms with E-state index in [0.29, 0.717) is 17.4 Å². The monoisotopic (exact) mass is 779 g/mol. The van der Waals surface area contributed by atoms with Gasteiger partial charge in [0.2, 0.25) is 5.91 Å². The van der Waals surface area contributed by atoms with Gasteiger partial charge in [-0.05, 0) is 71.1 Å². The van der Waals surface area contributed by atoms with Crippen LogP contribution in [0.5, 0.6) is 0 Å². The Morgan fingerprint density at radius 3 is 1.70 bits per heavy atom. The maximum atomic E-state index is 12.8. The summed E-state index contributed by atoms with van der Waals surface area (Å²) in [7, 11) is 1.22. The van der Waals surface area contributed by atoms with Gasteiger partial charge in [-0.1, -0.05) is 151 Å². The van der Waals surface area contributed by atoms with E-state index in [1.54, 1.807) is 6.08 Å². The number of hydrogen-bond acceptors (Lipinski definition) is 6. The van der Waals surface area contributed by atoms with E-state index in [0.717, 1.165) is 64.2 Å². The number of nitrogens with zero attached hydrogens (tertiary/aromatic N) is 1. The summed E-state index contributed by atoms with van der Waals surface area (Å²) in [6, 6.07) is -0.913. The van der Waals surface area contributed by atoms with Gasteiger partial charge >= 0.3 is 0 Å². The summed E-state index contributed by atoms with van der Waals surface area (Å²) in [5.41, 5.74) is 0. The molecule has 1 amide bonds. The van der Waals surface area contributed by atoms with Gasteiger partial charge in [0.25, 0.3) is 7.82 Å². The van der Waals surface area contributed by atoms with Gasteiger partial charge in [0.15, 0.2) is 0 Å². The zero-order chi connectivity index (χ0) is 40.0. The highest BCUT2D eigenvalue weighted by atomic mass is 31.2. The Bertz CT molecular complexity index is 1060. The minimum Gasteiger partial charge on any atom is -0.756 e. The SMILES string of the molecule is C/C=C/CC/C=C/CC/C=C/C(O)C(COP(=O)([O-])OCC[N+](C)(C)C)NC(=O)CCCCCCCCC/C=C\C/C=C\CCCCCCCCCCC. The quantitative estimate of drug-likeness (QED) is 0.0280. The number of aliphatic hydroxyl groups excluding tert-OH is 1. The highest BCUT2D eigenvalue weighted by molar-refractivity contribution is 7.45. The molecule has 54 heavy (non-hydrogen) atoms. The van der Waals surface area contributed by atoms with Crippen LogP contribution < -0.4 is 10.2 Å². The minimum absolute atomic E-state index is 0.0135. The van der Waals surface area contributed by atoms with Crippen LogP contribution in [-0.2, 0) is 18.4 Å². The van der Waals surface area contributed by atoms with Gasteiger partial charge in [0, 0.05) is 6.42 Å². The zero-order valence-electron chi connectivity index (χ0n) is 35.4. The van der Waals surface area contributed by atoms with Crippen molar-refractivity contribution in [3.8, 4) is 0 Å². The van der Waals surface area contributed by atoms with Crippen molar-refractivity contribution in [3.05, 3.63) is 60.8 Å². The second kappa shape index (κ2) is 36.8. The highest BCUT2D eigenvalue weighted by Gasteiger charge is 2.23. The molecule has 0 fully saturated rings. The van der Waals surface area contributed by atoms with E-state index in [1.807, 2.05) is 40.2 Å². The predicted octanol–water partition coefficient (Wildman–Crippen LogP) is 11.2. The van der Waals surface area contributed by atoms with Crippen molar-refractivity contribution in [2.75, 3.05) is 40.9 Å². The molecule has 0 aliphatic rings. The van der Waals surface area contributed by atoms with E-state index in [9.17, 15) is 19.4 Å². The smallest absolute Gasteiger partial charge is 0.268 e. The first kappa shape index (κ1) is 52.2. The van der Waals surface area contributed by atoms with Crippen molar-refractivity contribution in [1.82, 2.24) is 5.32 Å². The van der Waals surface area contributed by atoms with Crippen LogP contribution in [0.4, 0.5) is 0 Å². The Kier molecular flexibility index (Phi) is 35.6. The normalized spacial score (nSPS) is 15.0. The van der Waals surface area contributed by atoms with Crippen molar-refractivity contribution in [2.24, 2.45) is 0 Å². The molecule has 0 saturated carbocycles. The first-order valence-corrected chi connectivity index (χ1v) is 23.1. The Morgan fingerprint density at radius 2 is 1.17 bits per heavy atom. The second-order valence-electron chi connectivity index (χ2n) is 15.7. The number of allylic oxidation sites excluding steroid dienone is 9. The van der Waals surface area contributed by atoms with Crippen LogP contribution in [-0.4, -0.2) is 68.5 Å². The number of rotatable bonds is 38. The van der Waals surface area contributed by atoms with Crippen molar-refractivity contribution in [2.45, 2.75) is 180 Å². The van der Waals surface area contributed by atoms with Crippen LogP contribution in [0.25, 0.3) is 0 Å². The molecule has 0 aromatic carbocycles. The third kappa shape index (κ3) is 38.5. The van der Waals surface area contributed by atoms with Crippen LogP contribution in [0.15, 0.2) is 60.8 Å². The van der Waals surface area contributed by atoms with E-state index >= 15 is 0 Å². The molecule has 0 aromatic heterocycles. The number of quaternary nitrogens is 1. The molecule has 3 atom stereocenters. The molecule has 8 nitrogen and oxygen atoms in total. The topological polar surface area (TPSA) is 108 Å². The van der Waals surface area contributed by atoms with E-state index in [4.69, 9.17) is 9.05 Å². The molecule has 0 heterocycles. The maximum absolute atomic E-state index is 12.8. The van der Waals surface area contributed by atoms with E-state index in [-0.39, 0.29) is 12.5 Å². The van der Waals surface area contributed by atoms with Gasteiger partial charge in [-0.25, -0.2) is 0 Å². The summed E-state index contributed by atoms with van der Waals surface area (Å²) >= 11 is 0. The predicted molar refractivity (Wildman–Crippen MR) is 228 cm³/mol. The number of hydrogen-bond donors (Lipinski definition) is 2. The molecular formula is C45H83N2O6P. The summed E-state index contributed by atoms with van der Waals surface area (Å²) < 4.78 is 23.1. The third-order valence-corrected chi connectivity index (χ3v) is 10.2. The van der Waals surface area contributed by atoms with Gasteiger partial charge in [-0.3, -0.25) is 9.36 Å². The van der Waals surface area contributed by atoms with Gasteiger partial charge in [-0.2, -0.15) is 0 Å². The van der Waals surface area contributed by atoms with Gasteiger partial charge in [-0.15, -0.1) is 0 Å². The maximum Gasteiger partial charge on any atom is 0.268 e. The molecule has 0 aliphatic carbocycles. The fourth-order valence-electron chi connectivity index (χ4n) is 5.81. The molecule has 0 aromatic rings. The minimum atomic E-state index is -4.60. The Morgan fingerprint density at radius 1 is 0.685 bits per heavy atom. The molecule has 0 radical (unpaired) electrons. The number of carbonyl (C=O) groups is 1. The number of carbonyl (C=O) groups excluding carboxylic acids is 1. The van der Waals surface area contributed by atoms with Gasteiger partial charge in [0.1, 0.15) is 13.2 Å². The third-order valence-electron chi connectivity index (χ3n) is 9.27. The van der Waals surface area contributed by atoms with Crippen LogP contribution in [0, 0.1) is 0 Å². The van der Waals surface area contributed by atoms with E-state index in [2.05, 4.69) is 54.8 Å². The summed E-state index contributed by atoms with van der Waals surface area (Å²) in [4.78, 5) is 25.2. The molecule has 9 heteroatoms. The Hall–Kier alpha value is -1.80. The highest BCUT2D eigenvalue weighted by Crippen LogP contribution is 2.38. The average molecular weight is 779 g/mol. The van der Waals surface area contributed by atoms with Crippen LogP contribution in [0.1, 0.15) is 168 Å². The molecule has 0 saturated heterocycles. The van der Waals surface area contributed by atoms with Crippen molar-refractivity contribution >= 4 is 13.7 Å². The Balaban J connectivity index is 4.29. The molecule has 0 rings (SSSR count). The van der Waals surface area contributed by atoms with E-state index in [1.165, 1.54) is 83.5 Å². The van der Waals surface area contributed by atoms with Crippen molar-refractivity contribution in [3.63, 3.8) is 0 Å². The standard InChI is InChI=1S/C45H83N2O6P/c1-6-8-10-12-14-16-17-18-19-20-21-22-23-24-25-26-27-28-29-31-33-35-37-39-45(49)46-43(42-53-54(50,51)52-41-40-47(3,4)5)44(48)38-36-34-32-30-15-13-11-9-7-2/h7,9,15,21-22,24-25,30,36,38,43-44,48H,6,8,10-14,16-20,23,26-29,31-35,37,39-42H2,1-5H3,(H-,46,49,50,51)/b9-7+,22-21-,25-24-,30-15+,38-36+. The van der Waals surface area contributed by atoms with E-state index < -0.39 is 26.6 Å². The molecule has 3 unspecified atom stereocenters. The lowest BCUT2D eigenvalue weighted by molar-refractivity contribution is -0.870.